The lowest BCUT2D eigenvalue weighted by molar-refractivity contribution is -0.384. The Kier molecular flexibility index (Phi) is 3.66. The van der Waals surface area contributed by atoms with Gasteiger partial charge < -0.3 is 10.6 Å². The van der Waals surface area contributed by atoms with E-state index in [4.69, 9.17) is 11.6 Å². The number of non-ortho nitro benzene ring substituents is 1. The van der Waals surface area contributed by atoms with E-state index in [9.17, 15) is 19.7 Å². The summed E-state index contributed by atoms with van der Waals surface area (Å²) in [5.74, 6) is -1.06. The number of nitrogens with one attached hydrogen (secondary N) is 2. The number of amides is 2. The van der Waals surface area contributed by atoms with Crippen LogP contribution in [0.3, 0.4) is 0 Å². The number of nitrogens with zero attached hydrogens (tertiary/aromatic N) is 1. The van der Waals surface area contributed by atoms with Crippen LogP contribution in [-0.4, -0.2) is 23.3 Å². The molecule has 0 bridgehead atoms. The van der Waals surface area contributed by atoms with Gasteiger partial charge in [0.15, 0.2) is 0 Å². The lowest BCUT2D eigenvalue weighted by Gasteiger charge is -2.10. The number of hydrogen-bond donors (Lipinski definition) is 2. The quantitative estimate of drug-likeness (QED) is 0.645. The first-order valence-electron chi connectivity index (χ1n) is 5.49. The predicted molar refractivity (Wildman–Crippen MR) is 67.9 cm³/mol. The van der Waals surface area contributed by atoms with Crippen molar-refractivity contribution in [2.24, 2.45) is 5.92 Å². The third kappa shape index (κ3) is 3.00. The van der Waals surface area contributed by atoms with Crippen LogP contribution in [0.25, 0.3) is 0 Å². The van der Waals surface area contributed by atoms with Gasteiger partial charge in [-0.05, 0) is 6.07 Å². The predicted octanol–water partition coefficient (Wildman–Crippen LogP) is 1.32. The Hall–Kier alpha value is -2.15. The summed E-state index contributed by atoms with van der Waals surface area (Å²) >= 11 is 5.86. The van der Waals surface area contributed by atoms with Crippen LogP contribution in [0.2, 0.25) is 5.02 Å². The van der Waals surface area contributed by atoms with E-state index in [0.29, 0.717) is 0 Å². The summed E-state index contributed by atoms with van der Waals surface area (Å²) in [4.78, 5) is 32.9. The van der Waals surface area contributed by atoms with Gasteiger partial charge in [-0.2, -0.15) is 0 Å². The molecule has 0 aliphatic carbocycles. The standard InChI is InChI=1S/C11H10ClN3O4/c12-8-2-1-7(15(18)19)4-9(8)14-11(17)6-3-10(16)13-5-6/h1-2,4,6H,3,5H2,(H,13,16)(H,14,17). The van der Waals surface area contributed by atoms with Crippen molar-refractivity contribution in [1.29, 1.82) is 0 Å². The average Bonchev–Trinajstić information content (AvgIpc) is 2.78. The summed E-state index contributed by atoms with van der Waals surface area (Å²) < 4.78 is 0. The zero-order valence-corrected chi connectivity index (χ0v) is 10.4. The van der Waals surface area contributed by atoms with Crippen molar-refractivity contribution in [3.05, 3.63) is 33.3 Å². The van der Waals surface area contributed by atoms with Crippen LogP contribution >= 0.6 is 11.6 Å². The minimum Gasteiger partial charge on any atom is -0.355 e. The average molecular weight is 284 g/mol. The van der Waals surface area contributed by atoms with E-state index >= 15 is 0 Å². The van der Waals surface area contributed by atoms with E-state index in [0.717, 1.165) is 0 Å². The molecule has 7 nitrogen and oxygen atoms in total. The van der Waals surface area contributed by atoms with Crippen molar-refractivity contribution < 1.29 is 14.5 Å². The topological polar surface area (TPSA) is 101 Å². The smallest absolute Gasteiger partial charge is 0.271 e. The molecule has 0 radical (unpaired) electrons. The number of anilines is 1. The molecule has 19 heavy (non-hydrogen) atoms. The monoisotopic (exact) mass is 283 g/mol. The molecule has 0 aromatic heterocycles. The SMILES string of the molecule is O=C1CC(C(=O)Nc2cc([N+](=O)[O-])ccc2Cl)CN1. The van der Waals surface area contributed by atoms with E-state index in [1.165, 1.54) is 18.2 Å². The Bertz CT molecular complexity index is 561. The zero-order chi connectivity index (χ0) is 14.0. The first-order valence-corrected chi connectivity index (χ1v) is 5.86. The molecule has 2 amide bonds. The number of carbonyl (C=O) groups excluding carboxylic acids is 2. The van der Waals surface area contributed by atoms with E-state index in [1.807, 2.05) is 0 Å². The highest BCUT2D eigenvalue weighted by molar-refractivity contribution is 6.33. The van der Waals surface area contributed by atoms with Gasteiger partial charge in [0.05, 0.1) is 21.6 Å². The summed E-state index contributed by atoms with van der Waals surface area (Å²) in [5.41, 5.74) is 0.000499. The second-order valence-electron chi connectivity index (χ2n) is 4.12. The maximum Gasteiger partial charge on any atom is 0.271 e. The Morgan fingerprint density at radius 2 is 2.26 bits per heavy atom. The van der Waals surface area contributed by atoms with Crippen LogP contribution in [0.15, 0.2) is 18.2 Å². The van der Waals surface area contributed by atoms with Gasteiger partial charge in [0.1, 0.15) is 0 Å². The van der Waals surface area contributed by atoms with Gasteiger partial charge in [0.2, 0.25) is 11.8 Å². The van der Waals surface area contributed by atoms with Crippen LogP contribution in [0.5, 0.6) is 0 Å². The van der Waals surface area contributed by atoms with Gasteiger partial charge >= 0.3 is 0 Å². The highest BCUT2D eigenvalue weighted by Gasteiger charge is 2.28. The lowest BCUT2D eigenvalue weighted by atomic mass is 10.1. The number of halogens is 1. The largest absolute Gasteiger partial charge is 0.355 e. The Balaban J connectivity index is 2.14. The molecule has 1 unspecified atom stereocenters. The third-order valence-corrected chi connectivity index (χ3v) is 3.10. The molecule has 1 fully saturated rings. The molecule has 1 aliphatic rings. The summed E-state index contributed by atoms with van der Waals surface area (Å²) in [6.07, 6.45) is 0.110. The number of nitro groups is 1. The van der Waals surface area contributed by atoms with Gasteiger partial charge in [-0.1, -0.05) is 11.6 Å². The van der Waals surface area contributed by atoms with E-state index in [-0.39, 0.29) is 41.2 Å². The van der Waals surface area contributed by atoms with Crippen LogP contribution < -0.4 is 10.6 Å². The summed E-state index contributed by atoms with van der Waals surface area (Å²) in [5, 5.41) is 15.9. The van der Waals surface area contributed by atoms with E-state index in [1.54, 1.807) is 0 Å². The van der Waals surface area contributed by atoms with E-state index in [2.05, 4.69) is 10.6 Å². The Morgan fingerprint density at radius 3 is 2.84 bits per heavy atom. The van der Waals surface area contributed by atoms with Crippen molar-refractivity contribution in [2.45, 2.75) is 6.42 Å². The van der Waals surface area contributed by atoms with Gasteiger partial charge in [0.25, 0.3) is 5.69 Å². The molecule has 0 saturated carbocycles. The van der Waals surface area contributed by atoms with Crippen LogP contribution in [0, 0.1) is 16.0 Å². The van der Waals surface area contributed by atoms with Crippen molar-refractivity contribution >= 4 is 34.8 Å². The Labute approximate surface area is 113 Å². The number of carbonyl (C=O) groups is 2. The molecule has 1 saturated heterocycles. The molecule has 100 valence electrons. The highest BCUT2D eigenvalue weighted by atomic mass is 35.5. The molecular weight excluding hydrogens is 274 g/mol. The zero-order valence-electron chi connectivity index (χ0n) is 9.68. The van der Waals surface area contributed by atoms with Crippen molar-refractivity contribution in [1.82, 2.24) is 5.32 Å². The second kappa shape index (κ2) is 5.23. The number of rotatable bonds is 3. The first kappa shape index (κ1) is 13.3. The lowest BCUT2D eigenvalue weighted by Crippen LogP contribution is -2.24. The third-order valence-electron chi connectivity index (χ3n) is 2.77. The number of nitro benzene ring substituents is 1. The molecule has 1 aromatic carbocycles. The molecular formula is C11H10ClN3O4. The molecule has 2 N–H and O–H groups in total. The summed E-state index contributed by atoms with van der Waals surface area (Å²) in [7, 11) is 0. The number of benzene rings is 1. The van der Waals surface area contributed by atoms with Crippen LogP contribution in [-0.2, 0) is 9.59 Å². The molecule has 1 aliphatic heterocycles. The minimum absolute atomic E-state index is 0.110. The van der Waals surface area contributed by atoms with E-state index < -0.39 is 10.8 Å². The van der Waals surface area contributed by atoms with Crippen molar-refractivity contribution in [3.8, 4) is 0 Å². The van der Waals surface area contributed by atoms with Gasteiger partial charge in [-0.15, -0.1) is 0 Å². The van der Waals surface area contributed by atoms with Gasteiger partial charge in [-0.25, -0.2) is 0 Å². The van der Waals surface area contributed by atoms with Gasteiger partial charge in [0, 0.05) is 25.1 Å². The van der Waals surface area contributed by atoms with Crippen molar-refractivity contribution in [2.75, 3.05) is 11.9 Å². The molecule has 8 heteroatoms. The summed E-state index contributed by atoms with van der Waals surface area (Å²) in [6.45, 7) is 0.261. The molecule has 1 heterocycles. The minimum atomic E-state index is -0.577. The van der Waals surface area contributed by atoms with Crippen molar-refractivity contribution in [3.63, 3.8) is 0 Å². The first-order chi connectivity index (χ1) is 8.97. The normalized spacial score (nSPS) is 17.9. The fraction of sp³-hybridized carbons (Fsp3) is 0.273. The van der Waals surface area contributed by atoms with Crippen LogP contribution in [0.1, 0.15) is 6.42 Å². The van der Waals surface area contributed by atoms with Gasteiger partial charge in [-0.3, -0.25) is 19.7 Å². The second-order valence-corrected chi connectivity index (χ2v) is 4.52. The fourth-order valence-corrected chi connectivity index (χ4v) is 1.91. The fourth-order valence-electron chi connectivity index (χ4n) is 1.75. The Morgan fingerprint density at radius 1 is 1.53 bits per heavy atom. The molecule has 2 rings (SSSR count). The molecule has 1 atom stereocenters. The summed E-state index contributed by atoms with van der Waals surface area (Å²) in [6, 6.07) is 3.77. The van der Waals surface area contributed by atoms with Crippen LogP contribution in [0.4, 0.5) is 11.4 Å². The molecule has 0 spiro atoms. The molecule has 1 aromatic rings. The highest BCUT2D eigenvalue weighted by Crippen LogP contribution is 2.27. The number of hydrogen-bond acceptors (Lipinski definition) is 4. The maximum absolute atomic E-state index is 11.9. The maximum atomic E-state index is 11.9.